The average molecular weight is 406 g/mol. The van der Waals surface area contributed by atoms with Gasteiger partial charge in [0, 0.05) is 19.2 Å². The van der Waals surface area contributed by atoms with E-state index in [-0.39, 0.29) is 17.6 Å². The molecule has 0 aliphatic heterocycles. The second kappa shape index (κ2) is 9.35. The third-order valence-electron chi connectivity index (χ3n) is 4.73. The van der Waals surface area contributed by atoms with E-state index in [1.54, 1.807) is 4.68 Å². The third-order valence-corrected chi connectivity index (χ3v) is 4.73. The third kappa shape index (κ3) is 5.11. The topological polar surface area (TPSA) is 88.9 Å². The number of nitrogens with zero attached hydrogens (tertiary/aromatic N) is 3. The van der Waals surface area contributed by atoms with E-state index >= 15 is 0 Å². The Hall–Kier alpha value is -3.48. The lowest BCUT2D eigenvalue weighted by atomic mass is 10.0. The lowest BCUT2D eigenvalue weighted by Gasteiger charge is -2.12. The highest BCUT2D eigenvalue weighted by molar-refractivity contribution is 5.90. The van der Waals surface area contributed by atoms with Crippen molar-refractivity contribution in [1.82, 2.24) is 20.1 Å². The van der Waals surface area contributed by atoms with Crippen molar-refractivity contribution in [2.45, 2.75) is 40.0 Å². The van der Waals surface area contributed by atoms with E-state index in [4.69, 9.17) is 0 Å². The van der Waals surface area contributed by atoms with Crippen LogP contribution in [0.2, 0.25) is 0 Å². The average Bonchev–Trinajstić information content (AvgIpc) is 3.10. The van der Waals surface area contributed by atoms with Gasteiger partial charge in [-0.2, -0.15) is 0 Å². The summed E-state index contributed by atoms with van der Waals surface area (Å²) in [4.78, 5) is 28.0. The van der Waals surface area contributed by atoms with Gasteiger partial charge >= 0.3 is 0 Å². The number of para-hydroxylation sites is 1. The first kappa shape index (κ1) is 21.2. The van der Waals surface area contributed by atoms with Crippen molar-refractivity contribution in [2.24, 2.45) is 0 Å². The van der Waals surface area contributed by atoms with Crippen LogP contribution in [0.4, 0.5) is 5.69 Å². The Bertz CT molecular complexity index is 1040. The molecule has 156 valence electrons. The van der Waals surface area contributed by atoms with Crippen LogP contribution in [0.25, 0.3) is 5.69 Å². The predicted molar refractivity (Wildman–Crippen MR) is 117 cm³/mol. The first-order chi connectivity index (χ1) is 14.3. The number of anilines is 1. The molecule has 2 aromatic carbocycles. The molecule has 1 heterocycles. The highest BCUT2D eigenvalue weighted by atomic mass is 16.2. The Morgan fingerprint density at radius 2 is 1.77 bits per heavy atom. The molecule has 0 saturated carbocycles. The molecule has 0 spiro atoms. The molecule has 0 aliphatic rings. The highest BCUT2D eigenvalue weighted by Gasteiger charge is 2.17. The minimum atomic E-state index is -0.297. The first-order valence-corrected chi connectivity index (χ1v) is 10.0. The number of carbonyl (C=O) groups excluding carboxylic acids is 2. The summed E-state index contributed by atoms with van der Waals surface area (Å²) in [5.41, 5.74) is 3.91. The van der Waals surface area contributed by atoms with Gasteiger partial charge in [0.1, 0.15) is 5.82 Å². The molecule has 7 heteroatoms. The number of benzene rings is 2. The second-order valence-corrected chi connectivity index (χ2v) is 7.49. The van der Waals surface area contributed by atoms with Crippen LogP contribution in [-0.2, 0) is 11.2 Å². The Balaban J connectivity index is 1.63. The zero-order chi connectivity index (χ0) is 21.7. The van der Waals surface area contributed by atoms with Crippen LogP contribution in [-0.4, -0.2) is 33.1 Å². The first-order valence-electron chi connectivity index (χ1n) is 10.0. The van der Waals surface area contributed by atoms with Crippen molar-refractivity contribution in [3.05, 3.63) is 71.3 Å². The molecule has 0 radical (unpaired) electrons. The molecule has 0 fully saturated rings. The zero-order valence-corrected chi connectivity index (χ0v) is 17.8. The maximum atomic E-state index is 12.5. The van der Waals surface area contributed by atoms with Crippen molar-refractivity contribution in [3.8, 4) is 5.69 Å². The number of hydrogen-bond donors (Lipinski definition) is 2. The molecule has 2 amide bonds. The lowest BCUT2D eigenvalue weighted by Crippen LogP contribution is -2.27. The standard InChI is InChI=1S/C23H27N5O2/c1-15(2)20-7-5-6-8-21(20)28-16(3)25-22(27-28)23(30)24-14-13-18-9-11-19(12-10-18)26-17(4)29/h5-12,15H,13-14H2,1-4H3,(H,24,30)(H,26,29). The number of nitrogens with one attached hydrogen (secondary N) is 2. The summed E-state index contributed by atoms with van der Waals surface area (Å²) in [5.74, 6) is 0.759. The monoisotopic (exact) mass is 405 g/mol. The van der Waals surface area contributed by atoms with Gasteiger partial charge in [0.2, 0.25) is 11.7 Å². The molecule has 0 atom stereocenters. The maximum Gasteiger partial charge on any atom is 0.290 e. The van der Waals surface area contributed by atoms with E-state index in [1.165, 1.54) is 6.92 Å². The largest absolute Gasteiger partial charge is 0.349 e. The molecule has 0 aliphatic carbocycles. The molecule has 2 N–H and O–H groups in total. The van der Waals surface area contributed by atoms with Crippen LogP contribution >= 0.6 is 0 Å². The van der Waals surface area contributed by atoms with Gasteiger partial charge in [-0.3, -0.25) is 9.59 Å². The van der Waals surface area contributed by atoms with Crippen molar-refractivity contribution in [1.29, 1.82) is 0 Å². The van der Waals surface area contributed by atoms with Gasteiger partial charge in [-0.1, -0.05) is 44.2 Å². The summed E-state index contributed by atoms with van der Waals surface area (Å²) in [6.45, 7) is 8.04. The van der Waals surface area contributed by atoms with Crippen molar-refractivity contribution in [2.75, 3.05) is 11.9 Å². The normalized spacial score (nSPS) is 10.8. The molecule has 7 nitrogen and oxygen atoms in total. The Kier molecular flexibility index (Phi) is 6.61. The summed E-state index contributed by atoms with van der Waals surface area (Å²) in [5, 5.41) is 10.0. The number of aryl methyl sites for hydroxylation is 1. The van der Waals surface area contributed by atoms with E-state index in [1.807, 2.05) is 49.4 Å². The van der Waals surface area contributed by atoms with Crippen LogP contribution in [0, 0.1) is 6.92 Å². The number of hydrogen-bond acceptors (Lipinski definition) is 4. The van der Waals surface area contributed by atoms with Gasteiger partial charge in [0.15, 0.2) is 0 Å². The van der Waals surface area contributed by atoms with Gasteiger partial charge in [-0.15, -0.1) is 5.10 Å². The minimum Gasteiger partial charge on any atom is -0.349 e. The number of rotatable bonds is 7. The van der Waals surface area contributed by atoms with Gasteiger partial charge in [-0.25, -0.2) is 9.67 Å². The fourth-order valence-corrected chi connectivity index (χ4v) is 3.24. The molecule has 3 rings (SSSR count). The number of carbonyl (C=O) groups is 2. The van der Waals surface area contributed by atoms with Crippen molar-refractivity contribution < 1.29 is 9.59 Å². The zero-order valence-electron chi connectivity index (χ0n) is 17.8. The van der Waals surface area contributed by atoms with E-state index in [9.17, 15) is 9.59 Å². The van der Waals surface area contributed by atoms with E-state index in [0.29, 0.717) is 24.7 Å². The van der Waals surface area contributed by atoms with Crippen LogP contribution < -0.4 is 10.6 Å². The van der Waals surface area contributed by atoms with Crippen molar-refractivity contribution >= 4 is 17.5 Å². The lowest BCUT2D eigenvalue weighted by molar-refractivity contribution is -0.114. The fraction of sp³-hybridized carbons (Fsp3) is 0.304. The number of aromatic nitrogens is 3. The van der Waals surface area contributed by atoms with E-state index in [2.05, 4.69) is 40.6 Å². The summed E-state index contributed by atoms with van der Waals surface area (Å²) in [6.07, 6.45) is 0.669. The molecule has 0 bridgehead atoms. The summed E-state index contributed by atoms with van der Waals surface area (Å²) in [7, 11) is 0. The second-order valence-electron chi connectivity index (χ2n) is 7.49. The summed E-state index contributed by atoms with van der Waals surface area (Å²) < 4.78 is 1.73. The summed E-state index contributed by atoms with van der Waals surface area (Å²) >= 11 is 0. The molecule has 0 unspecified atom stereocenters. The fourth-order valence-electron chi connectivity index (χ4n) is 3.24. The minimum absolute atomic E-state index is 0.103. The smallest absolute Gasteiger partial charge is 0.290 e. The molecular formula is C23H27N5O2. The highest BCUT2D eigenvalue weighted by Crippen LogP contribution is 2.23. The van der Waals surface area contributed by atoms with Crippen LogP contribution in [0.5, 0.6) is 0 Å². The molecule has 3 aromatic rings. The maximum absolute atomic E-state index is 12.5. The molecule has 30 heavy (non-hydrogen) atoms. The Morgan fingerprint density at radius 1 is 1.07 bits per heavy atom. The van der Waals surface area contributed by atoms with Gasteiger partial charge < -0.3 is 10.6 Å². The predicted octanol–water partition coefficient (Wildman–Crippen LogP) is 3.63. The van der Waals surface area contributed by atoms with Crippen LogP contribution in [0.15, 0.2) is 48.5 Å². The van der Waals surface area contributed by atoms with Crippen LogP contribution in [0.3, 0.4) is 0 Å². The summed E-state index contributed by atoms with van der Waals surface area (Å²) in [6, 6.07) is 15.6. The van der Waals surface area contributed by atoms with Crippen molar-refractivity contribution in [3.63, 3.8) is 0 Å². The van der Waals surface area contributed by atoms with Gasteiger partial charge in [0.05, 0.1) is 5.69 Å². The SMILES string of the molecule is CC(=O)Nc1ccc(CCNC(=O)c2nc(C)n(-c3ccccc3C(C)C)n2)cc1. The quantitative estimate of drug-likeness (QED) is 0.628. The van der Waals surface area contributed by atoms with Gasteiger partial charge in [0.25, 0.3) is 5.91 Å². The van der Waals surface area contributed by atoms with E-state index < -0.39 is 0 Å². The Labute approximate surface area is 176 Å². The van der Waals surface area contributed by atoms with E-state index in [0.717, 1.165) is 22.5 Å². The molecular weight excluding hydrogens is 378 g/mol. The van der Waals surface area contributed by atoms with Gasteiger partial charge in [-0.05, 0) is 48.6 Å². The Morgan fingerprint density at radius 3 is 2.43 bits per heavy atom. The molecule has 0 saturated heterocycles. The molecule has 1 aromatic heterocycles. The van der Waals surface area contributed by atoms with Crippen LogP contribution in [0.1, 0.15) is 54.3 Å². The number of amides is 2.